The molecular formula is C20H19BrFN3O3S. The molecule has 0 N–H and O–H groups in total. The molecule has 2 aromatic heterocycles. The van der Waals surface area contributed by atoms with Gasteiger partial charge in [-0.15, -0.1) is 10.2 Å². The molecule has 0 aliphatic heterocycles. The summed E-state index contributed by atoms with van der Waals surface area (Å²) in [4.78, 5) is 24.4. The Kier molecular flexibility index (Phi) is 7.38. The van der Waals surface area contributed by atoms with E-state index in [1.54, 1.807) is 24.3 Å². The SMILES string of the molecule is CCn1c(CCC(=O)c2ccco2)nnc1SCC(=O)Cc1ccc(Br)cc1F. The zero-order valence-corrected chi connectivity index (χ0v) is 18.1. The van der Waals surface area contributed by atoms with Gasteiger partial charge < -0.3 is 8.98 Å². The maximum atomic E-state index is 13.9. The van der Waals surface area contributed by atoms with Crippen molar-refractivity contribution in [3.63, 3.8) is 0 Å². The highest BCUT2D eigenvalue weighted by Gasteiger charge is 2.16. The van der Waals surface area contributed by atoms with Crippen LogP contribution in [0.5, 0.6) is 0 Å². The number of nitrogens with zero attached hydrogens (tertiary/aromatic N) is 3. The van der Waals surface area contributed by atoms with Crippen molar-refractivity contribution < 1.29 is 18.4 Å². The molecule has 0 saturated heterocycles. The fraction of sp³-hybridized carbons (Fsp3) is 0.300. The highest BCUT2D eigenvalue weighted by molar-refractivity contribution is 9.10. The van der Waals surface area contributed by atoms with Gasteiger partial charge in [0.1, 0.15) is 17.4 Å². The van der Waals surface area contributed by atoms with Gasteiger partial charge in [-0.1, -0.05) is 33.8 Å². The lowest BCUT2D eigenvalue weighted by Crippen LogP contribution is -2.10. The number of hydrogen-bond acceptors (Lipinski definition) is 6. The Morgan fingerprint density at radius 2 is 2.10 bits per heavy atom. The van der Waals surface area contributed by atoms with Gasteiger partial charge in [0, 0.05) is 30.3 Å². The summed E-state index contributed by atoms with van der Waals surface area (Å²) in [7, 11) is 0. The molecule has 0 atom stereocenters. The lowest BCUT2D eigenvalue weighted by atomic mass is 10.1. The molecule has 3 rings (SSSR count). The Hall–Kier alpha value is -2.26. The average molecular weight is 480 g/mol. The molecule has 3 aromatic rings. The van der Waals surface area contributed by atoms with Crippen LogP contribution >= 0.6 is 27.7 Å². The predicted octanol–water partition coefficient (Wildman–Crippen LogP) is 4.51. The first-order valence-corrected chi connectivity index (χ1v) is 10.8. The van der Waals surface area contributed by atoms with Gasteiger partial charge in [0.25, 0.3) is 0 Å². The quantitative estimate of drug-likeness (QED) is 0.314. The average Bonchev–Trinajstić information content (AvgIpc) is 3.36. The number of thioether (sulfide) groups is 1. The molecule has 0 spiro atoms. The number of aryl methyl sites for hydroxylation is 1. The van der Waals surface area contributed by atoms with Crippen molar-refractivity contribution >= 4 is 39.3 Å². The van der Waals surface area contributed by atoms with Crippen LogP contribution in [0.3, 0.4) is 0 Å². The number of ketones is 2. The number of hydrogen-bond donors (Lipinski definition) is 0. The first-order valence-electron chi connectivity index (χ1n) is 9.05. The number of carbonyl (C=O) groups excluding carboxylic acids is 2. The van der Waals surface area contributed by atoms with Gasteiger partial charge in [0.2, 0.25) is 0 Å². The van der Waals surface area contributed by atoms with Gasteiger partial charge in [0.05, 0.1) is 12.0 Å². The predicted molar refractivity (Wildman–Crippen MR) is 111 cm³/mol. The van der Waals surface area contributed by atoms with Gasteiger partial charge in [0.15, 0.2) is 16.7 Å². The van der Waals surface area contributed by atoms with Crippen molar-refractivity contribution in [3.05, 3.63) is 64.0 Å². The number of Topliss-reactive ketones (excluding diaryl/α,β-unsaturated/α-hetero) is 2. The first-order chi connectivity index (χ1) is 14.0. The second-order valence-corrected chi connectivity index (χ2v) is 8.14. The molecule has 0 saturated carbocycles. The van der Waals surface area contributed by atoms with Crippen LogP contribution in [0.1, 0.15) is 35.3 Å². The summed E-state index contributed by atoms with van der Waals surface area (Å²) >= 11 is 4.47. The van der Waals surface area contributed by atoms with E-state index < -0.39 is 5.82 Å². The van der Waals surface area contributed by atoms with Gasteiger partial charge in [-0.2, -0.15) is 0 Å². The van der Waals surface area contributed by atoms with E-state index in [0.29, 0.717) is 39.7 Å². The molecule has 152 valence electrons. The highest BCUT2D eigenvalue weighted by Crippen LogP contribution is 2.20. The smallest absolute Gasteiger partial charge is 0.198 e. The van der Waals surface area contributed by atoms with Crippen LogP contribution in [0.15, 0.2) is 50.6 Å². The van der Waals surface area contributed by atoms with Crippen LogP contribution in [0.2, 0.25) is 0 Å². The standard InChI is InChI=1S/C20H19BrFN3O3S/c1-2-25-19(8-7-17(27)18-4-3-9-28-18)23-24-20(25)29-12-15(26)10-13-5-6-14(21)11-16(13)22/h3-6,9,11H,2,7-8,10,12H2,1H3. The van der Waals surface area contributed by atoms with Crippen LogP contribution in [0.25, 0.3) is 0 Å². The third-order valence-corrected chi connectivity index (χ3v) is 5.77. The van der Waals surface area contributed by atoms with Crippen molar-refractivity contribution in [2.75, 3.05) is 5.75 Å². The van der Waals surface area contributed by atoms with E-state index in [9.17, 15) is 14.0 Å². The van der Waals surface area contributed by atoms with Gasteiger partial charge in [-0.25, -0.2) is 4.39 Å². The number of halogens is 2. The molecule has 0 amide bonds. The normalized spacial score (nSPS) is 11.0. The van der Waals surface area contributed by atoms with Gasteiger partial charge >= 0.3 is 0 Å². The van der Waals surface area contributed by atoms with Crippen LogP contribution < -0.4 is 0 Å². The van der Waals surface area contributed by atoms with E-state index in [2.05, 4.69) is 26.1 Å². The van der Waals surface area contributed by atoms with E-state index in [1.165, 1.54) is 24.1 Å². The molecule has 0 aliphatic rings. The minimum absolute atomic E-state index is 0.0247. The van der Waals surface area contributed by atoms with Crippen molar-refractivity contribution in [2.24, 2.45) is 0 Å². The van der Waals surface area contributed by atoms with Crippen LogP contribution in [-0.4, -0.2) is 32.1 Å². The zero-order valence-electron chi connectivity index (χ0n) is 15.7. The van der Waals surface area contributed by atoms with Crippen molar-refractivity contribution in [1.82, 2.24) is 14.8 Å². The van der Waals surface area contributed by atoms with E-state index in [0.717, 1.165) is 0 Å². The summed E-state index contributed by atoms with van der Waals surface area (Å²) < 4.78 is 21.5. The summed E-state index contributed by atoms with van der Waals surface area (Å²) in [6.45, 7) is 2.57. The van der Waals surface area contributed by atoms with E-state index in [1.807, 2.05) is 11.5 Å². The number of carbonyl (C=O) groups is 2. The summed E-state index contributed by atoms with van der Waals surface area (Å²) in [5.74, 6) is 0.573. The van der Waals surface area contributed by atoms with Crippen LogP contribution in [0.4, 0.5) is 4.39 Å². The monoisotopic (exact) mass is 479 g/mol. The fourth-order valence-electron chi connectivity index (χ4n) is 2.79. The molecule has 2 heterocycles. The molecule has 0 aliphatic carbocycles. The van der Waals surface area contributed by atoms with Gasteiger partial charge in [-0.3, -0.25) is 9.59 Å². The maximum Gasteiger partial charge on any atom is 0.198 e. The molecule has 0 bridgehead atoms. The van der Waals surface area contributed by atoms with Crippen LogP contribution in [-0.2, 0) is 24.2 Å². The molecule has 9 heteroatoms. The molecule has 0 fully saturated rings. The molecule has 0 unspecified atom stereocenters. The summed E-state index contributed by atoms with van der Waals surface area (Å²) in [6, 6.07) is 7.97. The second-order valence-electron chi connectivity index (χ2n) is 6.28. The molecule has 1 aromatic carbocycles. The third-order valence-electron chi connectivity index (χ3n) is 4.25. The fourth-order valence-corrected chi connectivity index (χ4v) is 4.00. The minimum Gasteiger partial charge on any atom is -0.461 e. The lowest BCUT2D eigenvalue weighted by Gasteiger charge is -2.07. The lowest BCUT2D eigenvalue weighted by molar-refractivity contribution is -0.116. The highest BCUT2D eigenvalue weighted by atomic mass is 79.9. The molecule has 6 nitrogen and oxygen atoms in total. The van der Waals surface area contributed by atoms with E-state index >= 15 is 0 Å². The largest absolute Gasteiger partial charge is 0.461 e. The number of rotatable bonds is 10. The summed E-state index contributed by atoms with van der Waals surface area (Å²) in [5, 5.41) is 8.91. The number of benzene rings is 1. The van der Waals surface area contributed by atoms with E-state index in [4.69, 9.17) is 4.42 Å². The number of furan rings is 1. The Morgan fingerprint density at radius 1 is 1.28 bits per heavy atom. The van der Waals surface area contributed by atoms with Crippen molar-refractivity contribution in [1.29, 1.82) is 0 Å². The zero-order chi connectivity index (χ0) is 20.8. The minimum atomic E-state index is -0.405. The Balaban J connectivity index is 1.57. The number of aromatic nitrogens is 3. The van der Waals surface area contributed by atoms with Gasteiger partial charge in [-0.05, 0) is 36.8 Å². The van der Waals surface area contributed by atoms with E-state index in [-0.39, 0.29) is 30.2 Å². The molecule has 0 radical (unpaired) electrons. The Bertz CT molecular complexity index is 1000. The summed E-state index contributed by atoms with van der Waals surface area (Å²) in [5.41, 5.74) is 0.368. The molecular weight excluding hydrogens is 461 g/mol. The second kappa shape index (κ2) is 9.98. The van der Waals surface area contributed by atoms with Crippen molar-refractivity contribution in [3.8, 4) is 0 Å². The maximum absolute atomic E-state index is 13.9. The first kappa shape index (κ1) is 21.4. The third kappa shape index (κ3) is 5.63. The summed E-state index contributed by atoms with van der Waals surface area (Å²) in [6.07, 6.45) is 2.18. The van der Waals surface area contributed by atoms with Crippen LogP contribution in [0, 0.1) is 5.82 Å². The molecule has 29 heavy (non-hydrogen) atoms. The Morgan fingerprint density at radius 3 is 2.79 bits per heavy atom. The Labute approximate surface area is 180 Å². The topological polar surface area (TPSA) is 78.0 Å². The van der Waals surface area contributed by atoms with Crippen molar-refractivity contribution in [2.45, 2.75) is 37.9 Å².